The Morgan fingerprint density at radius 1 is 1.42 bits per heavy atom. The summed E-state index contributed by atoms with van der Waals surface area (Å²) < 4.78 is 6.67. The standard InChI is InChI=1S/C18H29N3O3/c1-5-20-8-6-7-15(20)12-19-17(22)16-13(2)11-14(3)21(18(16)23)9-10-24-4/h11,15H,5-10,12H2,1-4H3,(H,19,22)/t15-/m1/s1. The zero-order valence-electron chi connectivity index (χ0n) is 15.2. The van der Waals surface area contributed by atoms with Crippen LogP contribution in [-0.2, 0) is 11.3 Å². The molecular formula is C18H29N3O3. The number of carbonyl (C=O) groups excluding carboxylic acids is 1. The molecule has 0 saturated carbocycles. The maximum Gasteiger partial charge on any atom is 0.263 e. The number of nitrogens with zero attached hydrogens (tertiary/aromatic N) is 2. The molecule has 0 spiro atoms. The molecular weight excluding hydrogens is 306 g/mol. The summed E-state index contributed by atoms with van der Waals surface area (Å²) in [7, 11) is 1.60. The predicted molar refractivity (Wildman–Crippen MR) is 94.7 cm³/mol. The Morgan fingerprint density at radius 3 is 2.83 bits per heavy atom. The van der Waals surface area contributed by atoms with E-state index >= 15 is 0 Å². The third kappa shape index (κ3) is 4.05. The van der Waals surface area contributed by atoms with Crippen LogP contribution >= 0.6 is 0 Å². The number of pyridine rings is 1. The zero-order chi connectivity index (χ0) is 17.7. The van der Waals surface area contributed by atoms with Crippen LogP contribution in [0.1, 0.15) is 41.4 Å². The van der Waals surface area contributed by atoms with E-state index in [2.05, 4.69) is 17.1 Å². The van der Waals surface area contributed by atoms with Gasteiger partial charge in [0, 0.05) is 31.9 Å². The summed E-state index contributed by atoms with van der Waals surface area (Å²) in [5, 5.41) is 2.96. The molecule has 1 saturated heterocycles. The number of amides is 1. The van der Waals surface area contributed by atoms with Crippen LogP contribution in [-0.4, -0.2) is 54.8 Å². The number of hydrogen-bond donors (Lipinski definition) is 1. The molecule has 1 fully saturated rings. The molecule has 1 aromatic heterocycles. The van der Waals surface area contributed by atoms with Crippen LogP contribution in [0.3, 0.4) is 0 Å². The molecule has 1 aliphatic heterocycles. The van der Waals surface area contributed by atoms with E-state index in [-0.39, 0.29) is 17.0 Å². The average molecular weight is 335 g/mol. The van der Waals surface area contributed by atoms with E-state index in [1.807, 2.05) is 19.9 Å². The molecule has 2 heterocycles. The fourth-order valence-electron chi connectivity index (χ4n) is 3.51. The van der Waals surface area contributed by atoms with Crippen molar-refractivity contribution in [3.63, 3.8) is 0 Å². The second-order valence-electron chi connectivity index (χ2n) is 6.43. The third-order valence-electron chi connectivity index (χ3n) is 4.85. The van der Waals surface area contributed by atoms with Crippen molar-refractivity contribution >= 4 is 5.91 Å². The number of nitrogens with one attached hydrogen (secondary N) is 1. The van der Waals surface area contributed by atoms with Crippen LogP contribution in [0.5, 0.6) is 0 Å². The van der Waals surface area contributed by atoms with Gasteiger partial charge in [-0.05, 0) is 51.4 Å². The highest BCUT2D eigenvalue weighted by Gasteiger charge is 2.24. The average Bonchev–Trinajstić information content (AvgIpc) is 3.00. The highest BCUT2D eigenvalue weighted by Crippen LogP contribution is 2.16. The molecule has 0 bridgehead atoms. The Balaban J connectivity index is 2.15. The first-order valence-electron chi connectivity index (χ1n) is 8.71. The molecule has 0 aromatic carbocycles. The lowest BCUT2D eigenvalue weighted by atomic mass is 10.1. The summed E-state index contributed by atoms with van der Waals surface area (Å²) in [5.41, 5.74) is 1.58. The molecule has 1 aliphatic rings. The molecule has 6 nitrogen and oxygen atoms in total. The Bertz CT molecular complexity index is 639. The molecule has 1 N–H and O–H groups in total. The van der Waals surface area contributed by atoms with Gasteiger partial charge in [0.15, 0.2) is 0 Å². The third-order valence-corrected chi connectivity index (χ3v) is 4.85. The number of aryl methyl sites for hydroxylation is 2. The first-order chi connectivity index (χ1) is 11.5. The van der Waals surface area contributed by atoms with E-state index < -0.39 is 0 Å². The topological polar surface area (TPSA) is 63.6 Å². The van der Waals surface area contributed by atoms with Crippen LogP contribution in [0, 0.1) is 13.8 Å². The van der Waals surface area contributed by atoms with Crippen molar-refractivity contribution in [2.24, 2.45) is 0 Å². The summed E-state index contributed by atoms with van der Waals surface area (Å²) in [6.45, 7) is 9.40. The van der Waals surface area contributed by atoms with Crippen molar-refractivity contribution in [3.05, 3.63) is 33.2 Å². The molecule has 0 aliphatic carbocycles. The second kappa shape index (κ2) is 8.44. The SMILES string of the molecule is CCN1CCC[C@@H]1CNC(=O)c1c(C)cc(C)n(CCOC)c1=O. The van der Waals surface area contributed by atoms with E-state index in [0.29, 0.717) is 25.7 Å². The molecule has 1 atom stereocenters. The molecule has 2 rings (SSSR count). The Morgan fingerprint density at radius 2 is 2.17 bits per heavy atom. The molecule has 1 aromatic rings. The minimum absolute atomic E-state index is 0.235. The number of aromatic nitrogens is 1. The van der Waals surface area contributed by atoms with Gasteiger partial charge in [0.25, 0.3) is 11.5 Å². The molecule has 24 heavy (non-hydrogen) atoms. The first-order valence-corrected chi connectivity index (χ1v) is 8.71. The van der Waals surface area contributed by atoms with Gasteiger partial charge < -0.3 is 14.6 Å². The van der Waals surface area contributed by atoms with Crippen molar-refractivity contribution in [3.8, 4) is 0 Å². The lowest BCUT2D eigenvalue weighted by Crippen LogP contribution is -2.42. The van der Waals surface area contributed by atoms with Gasteiger partial charge in [-0.1, -0.05) is 6.92 Å². The summed E-state index contributed by atoms with van der Waals surface area (Å²) in [6.07, 6.45) is 2.26. The van der Waals surface area contributed by atoms with Crippen LogP contribution in [0.25, 0.3) is 0 Å². The summed E-state index contributed by atoms with van der Waals surface area (Å²) in [6, 6.07) is 2.26. The maximum absolute atomic E-state index is 12.7. The van der Waals surface area contributed by atoms with Crippen LogP contribution in [0.2, 0.25) is 0 Å². The number of carbonyl (C=O) groups is 1. The number of hydrogen-bond acceptors (Lipinski definition) is 4. The predicted octanol–water partition coefficient (Wildman–Crippen LogP) is 1.33. The minimum Gasteiger partial charge on any atom is -0.383 e. The lowest BCUT2D eigenvalue weighted by molar-refractivity contribution is 0.0938. The minimum atomic E-state index is -0.272. The van der Waals surface area contributed by atoms with E-state index in [1.165, 1.54) is 6.42 Å². The molecule has 134 valence electrons. The largest absolute Gasteiger partial charge is 0.383 e. The van der Waals surface area contributed by atoms with Crippen molar-refractivity contribution in [2.75, 3.05) is 33.4 Å². The number of rotatable bonds is 7. The van der Waals surface area contributed by atoms with E-state index in [4.69, 9.17) is 4.74 Å². The zero-order valence-corrected chi connectivity index (χ0v) is 15.2. The lowest BCUT2D eigenvalue weighted by Gasteiger charge is -2.23. The van der Waals surface area contributed by atoms with Crippen molar-refractivity contribution in [1.82, 2.24) is 14.8 Å². The number of likely N-dealkylation sites (tertiary alicyclic amines) is 1. The molecule has 6 heteroatoms. The van der Waals surface area contributed by atoms with E-state index in [9.17, 15) is 9.59 Å². The first kappa shape index (κ1) is 18.7. The van der Waals surface area contributed by atoms with Crippen molar-refractivity contribution in [1.29, 1.82) is 0 Å². The highest BCUT2D eigenvalue weighted by molar-refractivity contribution is 5.95. The Kier molecular flexibility index (Phi) is 6.57. The van der Waals surface area contributed by atoms with Gasteiger partial charge >= 0.3 is 0 Å². The smallest absolute Gasteiger partial charge is 0.263 e. The maximum atomic E-state index is 12.7. The van der Waals surface area contributed by atoms with Gasteiger partial charge in [0.2, 0.25) is 0 Å². The molecule has 1 amide bonds. The van der Waals surface area contributed by atoms with Gasteiger partial charge in [-0.3, -0.25) is 14.5 Å². The van der Waals surface area contributed by atoms with Gasteiger partial charge in [0.05, 0.1) is 6.61 Å². The van der Waals surface area contributed by atoms with Gasteiger partial charge in [-0.25, -0.2) is 0 Å². The fraction of sp³-hybridized carbons (Fsp3) is 0.667. The van der Waals surface area contributed by atoms with Crippen LogP contribution in [0.4, 0.5) is 0 Å². The second-order valence-corrected chi connectivity index (χ2v) is 6.43. The van der Waals surface area contributed by atoms with E-state index in [0.717, 1.165) is 30.8 Å². The highest BCUT2D eigenvalue weighted by atomic mass is 16.5. The van der Waals surface area contributed by atoms with Gasteiger partial charge in [-0.15, -0.1) is 0 Å². The fourth-order valence-corrected chi connectivity index (χ4v) is 3.51. The molecule has 0 unspecified atom stereocenters. The number of ether oxygens (including phenoxy) is 1. The van der Waals surface area contributed by atoms with Crippen LogP contribution in [0.15, 0.2) is 10.9 Å². The summed E-state index contributed by atoms with van der Waals surface area (Å²) in [5.74, 6) is -0.272. The van der Waals surface area contributed by atoms with Crippen molar-refractivity contribution < 1.29 is 9.53 Å². The van der Waals surface area contributed by atoms with E-state index in [1.54, 1.807) is 11.7 Å². The normalized spacial score (nSPS) is 18.1. The van der Waals surface area contributed by atoms with Crippen LogP contribution < -0.4 is 10.9 Å². The van der Waals surface area contributed by atoms with Crippen molar-refractivity contribution in [2.45, 2.75) is 46.2 Å². The monoisotopic (exact) mass is 335 g/mol. The quantitative estimate of drug-likeness (QED) is 0.816. The number of likely N-dealkylation sites (N-methyl/N-ethyl adjacent to an activating group) is 1. The summed E-state index contributed by atoms with van der Waals surface area (Å²) in [4.78, 5) is 27.7. The molecule has 0 radical (unpaired) electrons. The van der Waals surface area contributed by atoms with Gasteiger partial charge in [-0.2, -0.15) is 0 Å². The number of methoxy groups -OCH3 is 1. The Hall–Kier alpha value is -1.66. The summed E-state index contributed by atoms with van der Waals surface area (Å²) >= 11 is 0. The van der Waals surface area contributed by atoms with Gasteiger partial charge in [0.1, 0.15) is 5.56 Å². The Labute approximate surface area is 143 Å².